The van der Waals surface area contributed by atoms with E-state index in [1.807, 2.05) is 7.05 Å². The van der Waals surface area contributed by atoms with E-state index in [0.29, 0.717) is 6.10 Å². The van der Waals surface area contributed by atoms with Crippen LogP contribution in [0.4, 0.5) is 5.69 Å². The van der Waals surface area contributed by atoms with Crippen LogP contribution in [0.2, 0.25) is 0 Å². The van der Waals surface area contributed by atoms with Gasteiger partial charge in [0.15, 0.2) is 0 Å². The fourth-order valence-electron chi connectivity index (χ4n) is 2.45. The van der Waals surface area contributed by atoms with Gasteiger partial charge >= 0.3 is 0 Å². The number of halogens is 1. The molecule has 1 heterocycles. The number of rotatable bonds is 5. The van der Waals surface area contributed by atoms with Gasteiger partial charge in [0.2, 0.25) is 0 Å². The molecule has 3 nitrogen and oxygen atoms in total. The van der Waals surface area contributed by atoms with E-state index in [1.165, 1.54) is 24.1 Å². The van der Waals surface area contributed by atoms with Crippen LogP contribution in [0.3, 0.4) is 0 Å². The molecule has 1 saturated heterocycles. The molecule has 1 N–H and O–H groups in total. The van der Waals surface area contributed by atoms with E-state index in [2.05, 4.69) is 51.4 Å². The van der Waals surface area contributed by atoms with Crippen molar-refractivity contribution in [3.8, 4) is 0 Å². The Bertz CT molecular complexity index is 391. The van der Waals surface area contributed by atoms with Gasteiger partial charge in [-0.15, -0.1) is 0 Å². The molecule has 1 atom stereocenters. The van der Waals surface area contributed by atoms with Gasteiger partial charge in [-0.3, -0.25) is 0 Å². The zero-order chi connectivity index (χ0) is 13.0. The minimum atomic E-state index is 0.390. The second-order valence-corrected chi connectivity index (χ2v) is 5.73. The Labute approximate surface area is 118 Å². The summed E-state index contributed by atoms with van der Waals surface area (Å²) in [5.41, 5.74) is 2.59. The first-order chi connectivity index (χ1) is 8.70. The molecule has 4 heteroatoms. The molecule has 0 bridgehead atoms. The Hall–Kier alpha value is -0.580. The van der Waals surface area contributed by atoms with Crippen molar-refractivity contribution in [2.45, 2.75) is 25.5 Å². The number of likely N-dealkylation sites (N-methyl/N-ethyl adjacent to an activating group) is 1. The second kappa shape index (κ2) is 6.55. The van der Waals surface area contributed by atoms with E-state index >= 15 is 0 Å². The summed E-state index contributed by atoms with van der Waals surface area (Å²) in [6, 6.07) is 6.45. The maximum atomic E-state index is 5.70. The van der Waals surface area contributed by atoms with Crippen LogP contribution in [0.15, 0.2) is 22.7 Å². The third-order valence-electron chi connectivity index (χ3n) is 3.32. The van der Waals surface area contributed by atoms with Crippen LogP contribution in [0.5, 0.6) is 0 Å². The van der Waals surface area contributed by atoms with Crippen LogP contribution in [0, 0.1) is 0 Å². The predicted octanol–water partition coefficient (Wildman–Crippen LogP) is 2.78. The van der Waals surface area contributed by atoms with E-state index < -0.39 is 0 Å². The highest BCUT2D eigenvalue weighted by Crippen LogP contribution is 2.25. The topological polar surface area (TPSA) is 24.5 Å². The largest absolute Gasteiger partial charge is 0.376 e. The van der Waals surface area contributed by atoms with E-state index in [1.54, 1.807) is 0 Å². The molecule has 0 aromatic heterocycles. The number of nitrogens with one attached hydrogen (secondary N) is 1. The molecule has 1 aromatic rings. The molecule has 1 aromatic carbocycles. The van der Waals surface area contributed by atoms with Crippen molar-refractivity contribution < 1.29 is 4.74 Å². The summed E-state index contributed by atoms with van der Waals surface area (Å²) >= 11 is 3.53. The van der Waals surface area contributed by atoms with Crippen molar-refractivity contribution in [1.29, 1.82) is 0 Å². The second-order valence-electron chi connectivity index (χ2n) is 4.82. The Morgan fingerprint density at radius 1 is 1.50 bits per heavy atom. The molecule has 0 spiro atoms. The van der Waals surface area contributed by atoms with Gasteiger partial charge < -0.3 is 15.0 Å². The van der Waals surface area contributed by atoms with Gasteiger partial charge in [-0.1, -0.05) is 15.9 Å². The van der Waals surface area contributed by atoms with E-state index in [9.17, 15) is 0 Å². The number of benzene rings is 1. The average molecular weight is 313 g/mol. The SMILES string of the molecule is CNCc1cc(Br)ccc1N(C)CC1CCCO1. The maximum Gasteiger partial charge on any atom is 0.0750 e. The van der Waals surface area contributed by atoms with Crippen LogP contribution >= 0.6 is 15.9 Å². The minimum absolute atomic E-state index is 0.390. The van der Waals surface area contributed by atoms with E-state index in [0.717, 1.165) is 24.2 Å². The van der Waals surface area contributed by atoms with Gasteiger partial charge in [0, 0.05) is 36.9 Å². The highest BCUT2D eigenvalue weighted by molar-refractivity contribution is 9.10. The third-order valence-corrected chi connectivity index (χ3v) is 3.81. The zero-order valence-corrected chi connectivity index (χ0v) is 12.7. The molecule has 1 aliphatic heterocycles. The lowest BCUT2D eigenvalue weighted by molar-refractivity contribution is 0.116. The van der Waals surface area contributed by atoms with Crippen LogP contribution in [0.1, 0.15) is 18.4 Å². The Kier molecular flexibility index (Phi) is 5.03. The number of hydrogen-bond donors (Lipinski definition) is 1. The molecule has 0 saturated carbocycles. The summed E-state index contributed by atoms with van der Waals surface area (Å²) in [7, 11) is 4.12. The highest BCUT2D eigenvalue weighted by atomic mass is 79.9. The fraction of sp³-hybridized carbons (Fsp3) is 0.571. The molecule has 1 unspecified atom stereocenters. The van der Waals surface area contributed by atoms with Crippen molar-refractivity contribution in [1.82, 2.24) is 5.32 Å². The van der Waals surface area contributed by atoms with Crippen molar-refractivity contribution in [2.24, 2.45) is 0 Å². The first-order valence-corrected chi connectivity index (χ1v) is 7.26. The highest BCUT2D eigenvalue weighted by Gasteiger charge is 2.18. The quantitative estimate of drug-likeness (QED) is 0.905. The Balaban J connectivity index is 2.09. The smallest absolute Gasteiger partial charge is 0.0750 e. The molecule has 2 rings (SSSR count). The monoisotopic (exact) mass is 312 g/mol. The lowest BCUT2D eigenvalue weighted by Gasteiger charge is -2.25. The van der Waals surface area contributed by atoms with Crippen molar-refractivity contribution >= 4 is 21.6 Å². The fourth-order valence-corrected chi connectivity index (χ4v) is 2.86. The van der Waals surface area contributed by atoms with Crippen molar-refractivity contribution in [3.63, 3.8) is 0 Å². The molecule has 0 amide bonds. The first-order valence-electron chi connectivity index (χ1n) is 6.46. The molecule has 100 valence electrons. The summed E-state index contributed by atoms with van der Waals surface area (Å²) in [5.74, 6) is 0. The van der Waals surface area contributed by atoms with E-state index in [4.69, 9.17) is 4.74 Å². The van der Waals surface area contributed by atoms with Crippen LogP contribution in [-0.4, -0.2) is 33.4 Å². The lowest BCUT2D eigenvalue weighted by atomic mass is 10.1. The summed E-state index contributed by atoms with van der Waals surface area (Å²) in [5, 5.41) is 3.22. The Morgan fingerprint density at radius 3 is 3.00 bits per heavy atom. The maximum absolute atomic E-state index is 5.70. The van der Waals surface area contributed by atoms with Crippen molar-refractivity contribution in [3.05, 3.63) is 28.2 Å². The molecule has 0 aliphatic carbocycles. The van der Waals surface area contributed by atoms with Gasteiger partial charge in [0.25, 0.3) is 0 Å². The van der Waals surface area contributed by atoms with Crippen LogP contribution in [0.25, 0.3) is 0 Å². The minimum Gasteiger partial charge on any atom is -0.376 e. The molecule has 1 fully saturated rings. The number of ether oxygens (including phenoxy) is 1. The normalized spacial score (nSPS) is 19.2. The van der Waals surface area contributed by atoms with Gasteiger partial charge in [-0.25, -0.2) is 0 Å². The summed E-state index contributed by atoms with van der Waals surface area (Å²) < 4.78 is 6.83. The van der Waals surface area contributed by atoms with Gasteiger partial charge in [-0.05, 0) is 43.7 Å². The zero-order valence-electron chi connectivity index (χ0n) is 11.1. The van der Waals surface area contributed by atoms with Crippen LogP contribution in [-0.2, 0) is 11.3 Å². The molecular weight excluding hydrogens is 292 g/mol. The molecule has 18 heavy (non-hydrogen) atoms. The van der Waals surface area contributed by atoms with Gasteiger partial charge in [-0.2, -0.15) is 0 Å². The molecule has 1 aliphatic rings. The molecule has 0 radical (unpaired) electrons. The van der Waals surface area contributed by atoms with Crippen LogP contribution < -0.4 is 10.2 Å². The predicted molar refractivity (Wildman–Crippen MR) is 79.1 cm³/mol. The van der Waals surface area contributed by atoms with Gasteiger partial charge in [0.05, 0.1) is 6.10 Å². The summed E-state index contributed by atoms with van der Waals surface area (Å²) in [4.78, 5) is 2.30. The number of nitrogens with zero attached hydrogens (tertiary/aromatic N) is 1. The van der Waals surface area contributed by atoms with E-state index in [-0.39, 0.29) is 0 Å². The summed E-state index contributed by atoms with van der Waals surface area (Å²) in [6.45, 7) is 2.77. The Morgan fingerprint density at radius 2 is 2.33 bits per heavy atom. The average Bonchev–Trinajstić information content (AvgIpc) is 2.82. The van der Waals surface area contributed by atoms with Gasteiger partial charge in [0.1, 0.15) is 0 Å². The first kappa shape index (κ1) is 13.8. The number of hydrogen-bond acceptors (Lipinski definition) is 3. The standard InChI is InChI=1S/C14H21BrN2O/c1-16-9-11-8-12(15)5-6-14(11)17(2)10-13-4-3-7-18-13/h5-6,8,13,16H,3-4,7,9-10H2,1-2H3. The number of anilines is 1. The van der Waals surface area contributed by atoms with Crippen molar-refractivity contribution in [2.75, 3.05) is 32.1 Å². The lowest BCUT2D eigenvalue weighted by Crippen LogP contribution is -2.29. The summed E-state index contributed by atoms with van der Waals surface area (Å²) in [6.07, 6.45) is 2.77. The third kappa shape index (κ3) is 3.46. The molecular formula is C14H21BrN2O.